The Kier molecular flexibility index (Phi) is 4.69. The Morgan fingerprint density at radius 1 is 1.18 bits per heavy atom. The molecule has 2 aromatic carbocycles. The van der Waals surface area contributed by atoms with Crippen LogP contribution < -0.4 is 4.74 Å². The van der Waals surface area contributed by atoms with Gasteiger partial charge in [0.2, 0.25) is 0 Å². The van der Waals surface area contributed by atoms with Crippen molar-refractivity contribution in [1.29, 1.82) is 0 Å². The fourth-order valence-corrected chi connectivity index (χ4v) is 3.68. The van der Waals surface area contributed by atoms with E-state index in [9.17, 15) is 9.59 Å². The molecule has 0 fully saturated rings. The van der Waals surface area contributed by atoms with Crippen LogP contribution in [-0.2, 0) is 17.7 Å². The number of carbonyl (C=O) groups excluding carboxylic acids is 2. The number of esters is 1. The first-order valence-corrected chi connectivity index (χ1v) is 9.03. The molecule has 142 valence electrons. The molecule has 1 aliphatic rings. The molecule has 1 amide bonds. The number of amides is 1. The van der Waals surface area contributed by atoms with E-state index in [1.54, 1.807) is 31.5 Å². The Morgan fingerprint density at radius 3 is 2.82 bits per heavy atom. The van der Waals surface area contributed by atoms with E-state index in [2.05, 4.69) is 4.98 Å². The molecule has 4 rings (SSSR count). The van der Waals surface area contributed by atoms with Gasteiger partial charge in [-0.15, -0.1) is 0 Å². The van der Waals surface area contributed by atoms with E-state index in [4.69, 9.17) is 9.47 Å². The predicted octanol–water partition coefficient (Wildman–Crippen LogP) is 3.23. The molecule has 6 nitrogen and oxygen atoms in total. The van der Waals surface area contributed by atoms with Crippen molar-refractivity contribution in [2.75, 3.05) is 20.8 Å². The van der Waals surface area contributed by atoms with Crippen LogP contribution in [0.1, 0.15) is 31.8 Å². The molecule has 28 heavy (non-hydrogen) atoms. The number of methoxy groups -OCH3 is 2. The SMILES string of the molecule is COC(=O)c1cccc2c1CCN(Cc1ccnc3cc(OC)ccc13)C2=O. The molecule has 0 saturated heterocycles. The lowest BCUT2D eigenvalue weighted by atomic mass is 9.93. The van der Waals surface area contributed by atoms with E-state index in [0.717, 1.165) is 27.8 Å². The molecular formula is C22H20N2O4. The second kappa shape index (κ2) is 7.31. The van der Waals surface area contributed by atoms with Gasteiger partial charge in [-0.05, 0) is 47.9 Å². The van der Waals surface area contributed by atoms with Crippen LogP contribution in [0.25, 0.3) is 10.9 Å². The lowest BCUT2D eigenvalue weighted by molar-refractivity contribution is 0.0598. The van der Waals surface area contributed by atoms with Gasteiger partial charge in [-0.25, -0.2) is 4.79 Å². The molecule has 3 aromatic rings. The second-order valence-corrected chi connectivity index (χ2v) is 6.65. The third-order valence-electron chi connectivity index (χ3n) is 5.13. The molecule has 0 radical (unpaired) electrons. The van der Waals surface area contributed by atoms with Crippen LogP contribution in [0.4, 0.5) is 0 Å². The summed E-state index contributed by atoms with van der Waals surface area (Å²) < 4.78 is 10.1. The van der Waals surface area contributed by atoms with Crippen molar-refractivity contribution in [2.45, 2.75) is 13.0 Å². The van der Waals surface area contributed by atoms with Gasteiger partial charge in [0.15, 0.2) is 0 Å². The number of ether oxygens (including phenoxy) is 2. The summed E-state index contributed by atoms with van der Waals surface area (Å²) in [6.45, 7) is 1.02. The summed E-state index contributed by atoms with van der Waals surface area (Å²) in [5.41, 5.74) is 3.65. The fourth-order valence-electron chi connectivity index (χ4n) is 3.68. The molecule has 0 saturated carbocycles. The molecule has 0 unspecified atom stereocenters. The first kappa shape index (κ1) is 18.0. The summed E-state index contributed by atoms with van der Waals surface area (Å²) >= 11 is 0. The maximum Gasteiger partial charge on any atom is 0.338 e. The van der Waals surface area contributed by atoms with E-state index in [1.807, 2.05) is 29.2 Å². The van der Waals surface area contributed by atoms with Gasteiger partial charge in [-0.3, -0.25) is 9.78 Å². The molecule has 0 aliphatic carbocycles. The first-order chi connectivity index (χ1) is 13.6. The highest BCUT2D eigenvalue weighted by Gasteiger charge is 2.28. The zero-order valence-corrected chi connectivity index (χ0v) is 15.8. The zero-order valence-electron chi connectivity index (χ0n) is 15.8. The van der Waals surface area contributed by atoms with Gasteiger partial charge in [0.1, 0.15) is 5.75 Å². The van der Waals surface area contributed by atoms with Gasteiger partial charge >= 0.3 is 5.97 Å². The second-order valence-electron chi connectivity index (χ2n) is 6.65. The average Bonchev–Trinajstić information content (AvgIpc) is 2.74. The lowest BCUT2D eigenvalue weighted by Gasteiger charge is -2.30. The quantitative estimate of drug-likeness (QED) is 0.654. The summed E-state index contributed by atoms with van der Waals surface area (Å²) in [5.74, 6) is 0.258. The zero-order chi connectivity index (χ0) is 19.7. The van der Waals surface area contributed by atoms with Gasteiger partial charge in [-0.2, -0.15) is 0 Å². The normalized spacial score (nSPS) is 13.4. The number of carbonyl (C=O) groups is 2. The summed E-state index contributed by atoms with van der Waals surface area (Å²) in [6, 6.07) is 12.9. The smallest absolute Gasteiger partial charge is 0.338 e. The van der Waals surface area contributed by atoms with Gasteiger partial charge in [-0.1, -0.05) is 6.07 Å². The average molecular weight is 376 g/mol. The Hall–Kier alpha value is -3.41. The van der Waals surface area contributed by atoms with E-state index in [0.29, 0.717) is 30.6 Å². The van der Waals surface area contributed by atoms with Gasteiger partial charge < -0.3 is 14.4 Å². The summed E-state index contributed by atoms with van der Waals surface area (Å²) in [5, 5.41) is 0.991. The fraction of sp³-hybridized carbons (Fsp3) is 0.227. The molecule has 0 spiro atoms. The number of hydrogen-bond donors (Lipinski definition) is 0. The van der Waals surface area contributed by atoms with Crippen LogP contribution >= 0.6 is 0 Å². The van der Waals surface area contributed by atoms with Gasteiger partial charge in [0.25, 0.3) is 5.91 Å². The topological polar surface area (TPSA) is 68.7 Å². The minimum absolute atomic E-state index is 0.0783. The van der Waals surface area contributed by atoms with Crippen LogP contribution in [0.15, 0.2) is 48.7 Å². The minimum atomic E-state index is -0.410. The van der Waals surface area contributed by atoms with Gasteiger partial charge in [0, 0.05) is 36.3 Å². The Balaban J connectivity index is 1.66. The van der Waals surface area contributed by atoms with Crippen LogP contribution in [-0.4, -0.2) is 42.5 Å². The Labute approximate surface area is 162 Å². The Morgan fingerprint density at radius 2 is 2.04 bits per heavy atom. The Bertz CT molecular complexity index is 1080. The van der Waals surface area contributed by atoms with Crippen molar-refractivity contribution in [2.24, 2.45) is 0 Å². The largest absolute Gasteiger partial charge is 0.497 e. The highest BCUT2D eigenvalue weighted by Crippen LogP contribution is 2.27. The number of rotatable bonds is 4. The van der Waals surface area contributed by atoms with Crippen LogP contribution in [0.3, 0.4) is 0 Å². The van der Waals surface area contributed by atoms with Crippen LogP contribution in [0.2, 0.25) is 0 Å². The van der Waals surface area contributed by atoms with E-state index in [1.165, 1.54) is 7.11 Å². The first-order valence-electron chi connectivity index (χ1n) is 9.03. The number of pyridine rings is 1. The van der Waals surface area contributed by atoms with Crippen LogP contribution in [0, 0.1) is 0 Å². The number of hydrogen-bond acceptors (Lipinski definition) is 5. The predicted molar refractivity (Wildman–Crippen MR) is 105 cm³/mol. The number of nitrogens with zero attached hydrogens (tertiary/aromatic N) is 2. The van der Waals surface area contributed by atoms with Gasteiger partial charge in [0.05, 0.1) is 25.3 Å². The minimum Gasteiger partial charge on any atom is -0.497 e. The molecule has 0 bridgehead atoms. The van der Waals surface area contributed by atoms with E-state index >= 15 is 0 Å². The van der Waals surface area contributed by atoms with Crippen molar-refractivity contribution < 1.29 is 19.1 Å². The van der Waals surface area contributed by atoms with Crippen LogP contribution in [0.5, 0.6) is 5.75 Å². The maximum absolute atomic E-state index is 13.1. The molecule has 1 aromatic heterocycles. The monoisotopic (exact) mass is 376 g/mol. The summed E-state index contributed by atoms with van der Waals surface area (Å²) in [7, 11) is 2.97. The summed E-state index contributed by atoms with van der Waals surface area (Å²) in [6.07, 6.45) is 2.36. The number of aromatic nitrogens is 1. The third-order valence-corrected chi connectivity index (χ3v) is 5.13. The third kappa shape index (κ3) is 3.07. The highest BCUT2D eigenvalue weighted by atomic mass is 16.5. The van der Waals surface area contributed by atoms with Crippen molar-refractivity contribution in [3.63, 3.8) is 0 Å². The van der Waals surface area contributed by atoms with Crippen molar-refractivity contribution in [3.05, 3.63) is 70.9 Å². The molecule has 0 N–H and O–H groups in total. The van der Waals surface area contributed by atoms with Crippen molar-refractivity contribution >= 4 is 22.8 Å². The lowest BCUT2D eigenvalue weighted by Crippen LogP contribution is -2.37. The standard InChI is InChI=1S/C22H20N2O4/c1-27-15-6-7-16-14(8-10-23-20(16)12-15)13-24-11-9-17-18(21(24)25)4-3-5-19(17)22(26)28-2/h3-8,10,12H,9,11,13H2,1-2H3. The maximum atomic E-state index is 13.1. The highest BCUT2D eigenvalue weighted by molar-refractivity contribution is 6.01. The van der Waals surface area contributed by atoms with Crippen molar-refractivity contribution in [1.82, 2.24) is 9.88 Å². The van der Waals surface area contributed by atoms with Crippen molar-refractivity contribution in [3.8, 4) is 5.75 Å². The number of fused-ring (bicyclic) bond motifs is 2. The molecule has 6 heteroatoms. The van der Waals surface area contributed by atoms with E-state index in [-0.39, 0.29) is 5.91 Å². The molecule has 0 atom stereocenters. The molecule has 2 heterocycles. The van der Waals surface area contributed by atoms with E-state index < -0.39 is 5.97 Å². The summed E-state index contributed by atoms with van der Waals surface area (Å²) in [4.78, 5) is 31.3. The molecule has 1 aliphatic heterocycles. The number of benzene rings is 2. The molecular weight excluding hydrogens is 356 g/mol.